The number of piperazine rings is 1. The van der Waals surface area contributed by atoms with E-state index in [9.17, 15) is 18.0 Å². The molecule has 7 nitrogen and oxygen atoms in total. The Hall–Kier alpha value is -2.72. The van der Waals surface area contributed by atoms with E-state index < -0.39 is 17.3 Å². The summed E-state index contributed by atoms with van der Waals surface area (Å²) in [7, 11) is 0. The van der Waals surface area contributed by atoms with Crippen LogP contribution in [0.2, 0.25) is 0 Å². The quantitative estimate of drug-likeness (QED) is 0.448. The minimum atomic E-state index is -4.51. The summed E-state index contributed by atoms with van der Waals surface area (Å²) in [4.78, 5) is 27.6. The largest absolute Gasteiger partial charge is 0.433 e. The van der Waals surface area contributed by atoms with Crippen molar-refractivity contribution >= 4 is 11.7 Å². The van der Waals surface area contributed by atoms with E-state index in [0.29, 0.717) is 25.5 Å². The Morgan fingerprint density at radius 3 is 2.23 bits per heavy atom. The van der Waals surface area contributed by atoms with Crippen molar-refractivity contribution < 1.29 is 18.0 Å². The van der Waals surface area contributed by atoms with E-state index in [4.69, 9.17) is 0 Å². The molecule has 0 bridgehead atoms. The van der Waals surface area contributed by atoms with Crippen LogP contribution in [0.1, 0.15) is 63.5 Å². The molecule has 3 heterocycles. The summed E-state index contributed by atoms with van der Waals surface area (Å²) in [6, 6.07) is 11.5. The number of aromatic nitrogens is 2. The van der Waals surface area contributed by atoms with Gasteiger partial charge in [0.25, 0.3) is 0 Å². The number of rotatable bonds is 9. The molecule has 0 aliphatic carbocycles. The van der Waals surface area contributed by atoms with Gasteiger partial charge in [-0.15, -0.1) is 0 Å². The molecule has 1 aromatic carbocycles. The number of likely N-dealkylation sites (tertiary alicyclic amines) is 1. The molecule has 2 saturated heterocycles. The van der Waals surface area contributed by atoms with Crippen molar-refractivity contribution in [3.05, 3.63) is 53.5 Å². The first-order valence-electron chi connectivity index (χ1n) is 14.5. The predicted molar refractivity (Wildman–Crippen MR) is 151 cm³/mol. The first-order chi connectivity index (χ1) is 19.0. The van der Waals surface area contributed by atoms with Crippen molar-refractivity contribution in [2.45, 2.75) is 64.6 Å². The Balaban J connectivity index is 1.13. The first kappa shape index (κ1) is 30.2. The van der Waals surface area contributed by atoms with Crippen molar-refractivity contribution in [3.63, 3.8) is 0 Å². The van der Waals surface area contributed by atoms with Gasteiger partial charge in [-0.1, -0.05) is 51.1 Å². The molecule has 10 heteroatoms. The SMILES string of the molecule is CC(C)(C)c1nc(N2CCN(CCCCNC(=O)C3CCN(Cc4ccccc4)CC3)CC2)cc(C(F)(F)F)n1. The van der Waals surface area contributed by atoms with E-state index in [1.807, 2.05) is 31.7 Å². The fraction of sp³-hybridized carbons (Fsp3) is 0.633. The number of nitrogens with zero attached hydrogens (tertiary/aromatic N) is 5. The molecule has 0 atom stereocenters. The number of piperidine rings is 1. The number of hydrogen-bond acceptors (Lipinski definition) is 6. The number of amides is 1. The molecule has 0 saturated carbocycles. The third-order valence-corrected chi connectivity index (χ3v) is 7.78. The molecule has 0 unspecified atom stereocenters. The van der Waals surface area contributed by atoms with Crippen LogP contribution in [0.3, 0.4) is 0 Å². The van der Waals surface area contributed by atoms with Crippen molar-refractivity contribution in [1.29, 1.82) is 0 Å². The average molecular weight is 561 g/mol. The number of hydrogen-bond donors (Lipinski definition) is 1. The Morgan fingerprint density at radius 2 is 1.60 bits per heavy atom. The van der Waals surface area contributed by atoms with Gasteiger partial charge in [0.15, 0.2) is 0 Å². The summed E-state index contributed by atoms with van der Waals surface area (Å²) >= 11 is 0. The van der Waals surface area contributed by atoms with Crippen molar-refractivity contribution in [3.8, 4) is 0 Å². The van der Waals surface area contributed by atoms with Gasteiger partial charge in [-0.25, -0.2) is 9.97 Å². The maximum Gasteiger partial charge on any atom is 0.433 e. The number of benzene rings is 1. The number of nitrogens with one attached hydrogen (secondary N) is 1. The lowest BCUT2D eigenvalue weighted by molar-refractivity contribution is -0.141. The normalized spacial score (nSPS) is 18.2. The van der Waals surface area contributed by atoms with E-state index in [0.717, 1.165) is 71.0 Å². The van der Waals surface area contributed by atoms with Gasteiger partial charge in [-0.3, -0.25) is 14.6 Å². The molecule has 2 aliphatic rings. The Kier molecular flexibility index (Phi) is 10.1. The monoisotopic (exact) mass is 560 g/mol. The van der Waals surface area contributed by atoms with Gasteiger partial charge >= 0.3 is 6.18 Å². The van der Waals surface area contributed by atoms with Crippen LogP contribution in [-0.2, 0) is 22.9 Å². The highest BCUT2D eigenvalue weighted by atomic mass is 19.4. The molecule has 1 N–H and O–H groups in total. The lowest BCUT2D eigenvalue weighted by Crippen LogP contribution is -2.47. The number of anilines is 1. The average Bonchev–Trinajstić information content (AvgIpc) is 2.93. The highest BCUT2D eigenvalue weighted by Crippen LogP contribution is 2.32. The predicted octanol–water partition coefficient (Wildman–Crippen LogP) is 4.72. The lowest BCUT2D eigenvalue weighted by atomic mass is 9.95. The second-order valence-electron chi connectivity index (χ2n) is 12.0. The Labute approximate surface area is 236 Å². The zero-order valence-corrected chi connectivity index (χ0v) is 24.0. The number of halogens is 3. The molecule has 0 radical (unpaired) electrons. The smallest absolute Gasteiger partial charge is 0.356 e. The number of alkyl halides is 3. The second-order valence-corrected chi connectivity index (χ2v) is 12.0. The summed E-state index contributed by atoms with van der Waals surface area (Å²) in [5.74, 6) is 0.823. The van der Waals surface area contributed by atoms with E-state index in [2.05, 4.69) is 49.4 Å². The second kappa shape index (κ2) is 13.3. The molecule has 1 amide bonds. The van der Waals surface area contributed by atoms with Crippen molar-refractivity contribution in [2.75, 3.05) is 57.3 Å². The van der Waals surface area contributed by atoms with Crippen LogP contribution in [-0.4, -0.2) is 78.0 Å². The van der Waals surface area contributed by atoms with Gasteiger partial charge in [0.05, 0.1) is 0 Å². The van der Waals surface area contributed by atoms with Gasteiger partial charge < -0.3 is 10.2 Å². The van der Waals surface area contributed by atoms with Crippen LogP contribution in [0, 0.1) is 5.92 Å². The van der Waals surface area contributed by atoms with E-state index in [-0.39, 0.29) is 17.6 Å². The van der Waals surface area contributed by atoms with E-state index in [1.165, 1.54) is 5.56 Å². The third kappa shape index (κ3) is 8.64. The summed E-state index contributed by atoms with van der Waals surface area (Å²) in [5.41, 5.74) is -0.150. The topological polar surface area (TPSA) is 64.6 Å². The summed E-state index contributed by atoms with van der Waals surface area (Å²) in [6.45, 7) is 12.7. The Bertz CT molecular complexity index is 1060. The van der Waals surface area contributed by atoms with Crippen LogP contribution < -0.4 is 10.2 Å². The first-order valence-corrected chi connectivity index (χ1v) is 14.5. The molecule has 2 fully saturated rings. The fourth-order valence-electron chi connectivity index (χ4n) is 5.29. The van der Waals surface area contributed by atoms with Crippen LogP contribution in [0.25, 0.3) is 0 Å². The minimum absolute atomic E-state index is 0.0959. The number of carbonyl (C=O) groups is 1. The van der Waals surface area contributed by atoms with Gasteiger partial charge in [0.1, 0.15) is 17.3 Å². The molecule has 2 aromatic rings. The minimum Gasteiger partial charge on any atom is -0.356 e. The molecule has 0 spiro atoms. The molecule has 4 rings (SSSR count). The maximum absolute atomic E-state index is 13.5. The highest BCUT2D eigenvalue weighted by molar-refractivity contribution is 5.78. The van der Waals surface area contributed by atoms with Crippen molar-refractivity contribution in [2.24, 2.45) is 5.92 Å². The van der Waals surface area contributed by atoms with E-state index >= 15 is 0 Å². The lowest BCUT2D eigenvalue weighted by Gasteiger charge is -2.36. The van der Waals surface area contributed by atoms with Gasteiger partial charge in [-0.2, -0.15) is 13.2 Å². The standard InChI is InChI=1S/C30H43F3N6O/c1-29(2,3)28-35-25(30(31,32)33)21-26(36-28)39-19-17-37(18-20-39)14-8-7-13-34-27(40)24-11-15-38(16-12-24)22-23-9-5-4-6-10-23/h4-6,9-10,21,24H,7-8,11-20,22H2,1-3H3,(H,34,40). The molecule has 1 aromatic heterocycles. The molecular weight excluding hydrogens is 517 g/mol. The van der Waals surface area contributed by atoms with Crippen LogP contribution >= 0.6 is 0 Å². The third-order valence-electron chi connectivity index (χ3n) is 7.78. The highest BCUT2D eigenvalue weighted by Gasteiger charge is 2.36. The van der Waals surface area contributed by atoms with E-state index in [1.54, 1.807) is 0 Å². The van der Waals surface area contributed by atoms with Crippen molar-refractivity contribution in [1.82, 2.24) is 25.1 Å². The summed E-state index contributed by atoms with van der Waals surface area (Å²) in [6.07, 6.45) is -0.826. The molecule has 2 aliphatic heterocycles. The summed E-state index contributed by atoms with van der Waals surface area (Å²) < 4.78 is 40.4. The molecular formula is C30H43F3N6O. The summed E-state index contributed by atoms with van der Waals surface area (Å²) in [5, 5.41) is 3.13. The van der Waals surface area contributed by atoms with Crippen LogP contribution in [0.4, 0.5) is 19.0 Å². The van der Waals surface area contributed by atoms with Crippen LogP contribution in [0.15, 0.2) is 36.4 Å². The van der Waals surface area contributed by atoms with Gasteiger partial charge in [0, 0.05) is 56.7 Å². The van der Waals surface area contributed by atoms with Gasteiger partial charge in [-0.05, 0) is 50.9 Å². The number of unbranched alkanes of at least 4 members (excludes halogenated alkanes) is 1. The van der Waals surface area contributed by atoms with Gasteiger partial charge in [0.2, 0.25) is 5.91 Å². The maximum atomic E-state index is 13.5. The number of carbonyl (C=O) groups excluding carboxylic acids is 1. The zero-order chi connectivity index (χ0) is 28.8. The molecule has 40 heavy (non-hydrogen) atoms. The van der Waals surface area contributed by atoms with Crippen LogP contribution in [0.5, 0.6) is 0 Å². The Morgan fingerprint density at radius 1 is 0.925 bits per heavy atom. The fourth-order valence-corrected chi connectivity index (χ4v) is 5.29. The zero-order valence-electron chi connectivity index (χ0n) is 24.0. The molecule has 220 valence electrons.